The molecule has 0 unspecified atom stereocenters. The van der Waals surface area contributed by atoms with Gasteiger partial charge in [-0.2, -0.15) is 0 Å². The molecule has 0 radical (unpaired) electrons. The lowest BCUT2D eigenvalue weighted by Crippen LogP contribution is -2.33. The fourth-order valence-electron chi connectivity index (χ4n) is 2.40. The molecule has 3 heteroatoms. The van der Waals surface area contributed by atoms with Crippen molar-refractivity contribution in [2.75, 3.05) is 26.8 Å². The van der Waals surface area contributed by atoms with Crippen LogP contribution in [0.2, 0.25) is 0 Å². The van der Waals surface area contributed by atoms with Gasteiger partial charge in [-0.1, -0.05) is 12.1 Å². The molecule has 0 bridgehead atoms. The van der Waals surface area contributed by atoms with Crippen molar-refractivity contribution in [1.82, 2.24) is 5.32 Å². The summed E-state index contributed by atoms with van der Waals surface area (Å²) in [7, 11) is 1.68. The normalized spacial score (nSPS) is 18.9. The second kappa shape index (κ2) is 7.19. The molecule has 0 spiro atoms. The topological polar surface area (TPSA) is 30.5 Å². The van der Waals surface area contributed by atoms with Crippen LogP contribution in [-0.4, -0.2) is 26.8 Å². The van der Waals surface area contributed by atoms with Crippen molar-refractivity contribution in [1.29, 1.82) is 0 Å². The maximum Gasteiger partial charge on any atom is 0.161 e. The molecule has 2 rings (SSSR count). The van der Waals surface area contributed by atoms with E-state index in [0.717, 1.165) is 37.6 Å². The highest BCUT2D eigenvalue weighted by atomic mass is 16.5. The van der Waals surface area contributed by atoms with Crippen molar-refractivity contribution in [3.63, 3.8) is 0 Å². The number of hydrogen-bond donors (Lipinski definition) is 1. The van der Waals surface area contributed by atoms with Crippen LogP contribution in [0.1, 0.15) is 18.4 Å². The Labute approximate surface area is 115 Å². The minimum Gasteiger partial charge on any atom is -0.493 e. The lowest BCUT2D eigenvalue weighted by Gasteiger charge is -2.23. The number of ether oxygens (including phenoxy) is 2. The van der Waals surface area contributed by atoms with Crippen molar-refractivity contribution in [3.05, 3.63) is 36.4 Å². The second-order valence-electron chi connectivity index (χ2n) is 5.00. The highest BCUT2D eigenvalue weighted by Crippen LogP contribution is 2.29. The summed E-state index contributed by atoms with van der Waals surface area (Å²) in [5.74, 6) is 2.25. The highest BCUT2D eigenvalue weighted by molar-refractivity contribution is 5.43. The molecule has 104 valence electrons. The molecule has 0 aliphatic carbocycles. The number of allylic oxidation sites excluding steroid dienone is 1. The molecular weight excluding hydrogens is 238 g/mol. The van der Waals surface area contributed by atoms with Gasteiger partial charge in [0.15, 0.2) is 11.5 Å². The minimum absolute atomic E-state index is 0.603. The van der Waals surface area contributed by atoms with Gasteiger partial charge in [-0.3, -0.25) is 0 Å². The number of hydrogen-bond acceptors (Lipinski definition) is 3. The fourth-order valence-corrected chi connectivity index (χ4v) is 2.40. The number of methoxy groups -OCH3 is 1. The van der Waals surface area contributed by atoms with E-state index in [2.05, 4.69) is 18.0 Å². The smallest absolute Gasteiger partial charge is 0.161 e. The fraction of sp³-hybridized carbons (Fsp3) is 0.500. The largest absolute Gasteiger partial charge is 0.493 e. The molecule has 0 saturated carbocycles. The van der Waals surface area contributed by atoms with Crippen molar-refractivity contribution in [2.24, 2.45) is 5.92 Å². The molecule has 1 fully saturated rings. The summed E-state index contributed by atoms with van der Waals surface area (Å²) in [6, 6.07) is 6.09. The first-order chi connectivity index (χ1) is 9.33. The van der Waals surface area contributed by atoms with Gasteiger partial charge in [-0.25, -0.2) is 0 Å². The summed E-state index contributed by atoms with van der Waals surface area (Å²) in [6.45, 7) is 6.69. The standard InChI is InChI=1S/C16H23NO2/c1-3-5-13-7-8-15(16(10-13)18-2)19-12-14-6-4-9-17-11-14/h3,7-8,10,14,17H,1,4-6,9,11-12H2,2H3/t14-/m0/s1. The first-order valence-corrected chi connectivity index (χ1v) is 6.95. The Balaban J connectivity index is 1.96. The first-order valence-electron chi connectivity index (χ1n) is 6.95. The molecule has 3 nitrogen and oxygen atoms in total. The molecule has 1 atom stereocenters. The number of rotatable bonds is 6. The zero-order valence-electron chi connectivity index (χ0n) is 11.7. The molecule has 1 aromatic carbocycles. The van der Waals surface area contributed by atoms with Crippen LogP contribution in [-0.2, 0) is 6.42 Å². The Kier molecular flexibility index (Phi) is 5.28. The third kappa shape index (κ3) is 4.00. The Hall–Kier alpha value is -1.48. The van der Waals surface area contributed by atoms with E-state index < -0.39 is 0 Å². The van der Waals surface area contributed by atoms with Gasteiger partial charge in [0, 0.05) is 12.5 Å². The summed E-state index contributed by atoms with van der Waals surface area (Å²) in [6.07, 6.45) is 5.22. The van der Waals surface area contributed by atoms with Crippen LogP contribution in [0.3, 0.4) is 0 Å². The Morgan fingerprint density at radius 2 is 2.32 bits per heavy atom. The third-order valence-corrected chi connectivity index (χ3v) is 3.48. The number of benzene rings is 1. The molecule has 1 heterocycles. The predicted octanol–water partition coefficient (Wildman–Crippen LogP) is 2.80. The van der Waals surface area contributed by atoms with Crippen LogP contribution in [0, 0.1) is 5.92 Å². The summed E-state index contributed by atoms with van der Waals surface area (Å²) in [4.78, 5) is 0. The zero-order valence-corrected chi connectivity index (χ0v) is 11.7. The third-order valence-electron chi connectivity index (χ3n) is 3.48. The predicted molar refractivity (Wildman–Crippen MR) is 78.0 cm³/mol. The van der Waals surface area contributed by atoms with Crippen LogP contribution in [0.15, 0.2) is 30.9 Å². The summed E-state index contributed by atoms with van der Waals surface area (Å²) < 4.78 is 11.3. The van der Waals surface area contributed by atoms with Gasteiger partial charge >= 0.3 is 0 Å². The van der Waals surface area contributed by atoms with E-state index in [4.69, 9.17) is 9.47 Å². The van der Waals surface area contributed by atoms with Crippen molar-refractivity contribution >= 4 is 0 Å². The highest BCUT2D eigenvalue weighted by Gasteiger charge is 2.14. The molecular formula is C16H23NO2. The quantitative estimate of drug-likeness (QED) is 0.799. The van der Waals surface area contributed by atoms with Crippen LogP contribution < -0.4 is 14.8 Å². The average Bonchev–Trinajstić information content (AvgIpc) is 2.47. The van der Waals surface area contributed by atoms with Gasteiger partial charge < -0.3 is 14.8 Å². The molecule has 0 amide bonds. The lowest BCUT2D eigenvalue weighted by atomic mass is 10.0. The van der Waals surface area contributed by atoms with Crippen LogP contribution in [0.4, 0.5) is 0 Å². The van der Waals surface area contributed by atoms with E-state index in [1.807, 2.05) is 18.2 Å². The van der Waals surface area contributed by atoms with Crippen LogP contribution in [0.25, 0.3) is 0 Å². The monoisotopic (exact) mass is 261 g/mol. The molecule has 1 N–H and O–H groups in total. The van der Waals surface area contributed by atoms with E-state index in [1.165, 1.54) is 18.4 Å². The van der Waals surface area contributed by atoms with E-state index in [-0.39, 0.29) is 0 Å². The Bertz CT molecular complexity index is 411. The average molecular weight is 261 g/mol. The van der Waals surface area contributed by atoms with E-state index in [0.29, 0.717) is 5.92 Å². The SMILES string of the molecule is C=CCc1ccc(OC[C@H]2CCCNC2)c(OC)c1. The van der Waals surface area contributed by atoms with Gasteiger partial charge in [0.05, 0.1) is 13.7 Å². The molecule has 1 aliphatic rings. The van der Waals surface area contributed by atoms with Crippen LogP contribution >= 0.6 is 0 Å². The Morgan fingerprint density at radius 1 is 1.42 bits per heavy atom. The number of piperidine rings is 1. The van der Waals surface area contributed by atoms with Gasteiger partial charge in [-0.05, 0) is 43.5 Å². The molecule has 1 aromatic rings. The first kappa shape index (κ1) is 13.9. The lowest BCUT2D eigenvalue weighted by molar-refractivity contribution is 0.211. The van der Waals surface area contributed by atoms with Crippen molar-refractivity contribution in [3.8, 4) is 11.5 Å². The molecule has 1 aliphatic heterocycles. The maximum atomic E-state index is 5.91. The zero-order chi connectivity index (χ0) is 13.5. The van der Waals surface area contributed by atoms with E-state index in [9.17, 15) is 0 Å². The van der Waals surface area contributed by atoms with Crippen molar-refractivity contribution in [2.45, 2.75) is 19.3 Å². The summed E-state index contributed by atoms with van der Waals surface area (Å²) in [5, 5.41) is 3.40. The van der Waals surface area contributed by atoms with E-state index >= 15 is 0 Å². The van der Waals surface area contributed by atoms with Gasteiger partial charge in [0.2, 0.25) is 0 Å². The number of nitrogens with one attached hydrogen (secondary N) is 1. The summed E-state index contributed by atoms with van der Waals surface area (Å²) >= 11 is 0. The molecule has 0 aromatic heterocycles. The van der Waals surface area contributed by atoms with Crippen LogP contribution in [0.5, 0.6) is 11.5 Å². The van der Waals surface area contributed by atoms with Gasteiger partial charge in [0.25, 0.3) is 0 Å². The molecule has 19 heavy (non-hydrogen) atoms. The maximum absolute atomic E-state index is 5.91. The second-order valence-corrected chi connectivity index (χ2v) is 5.00. The van der Waals surface area contributed by atoms with Gasteiger partial charge in [0.1, 0.15) is 0 Å². The van der Waals surface area contributed by atoms with Crippen molar-refractivity contribution < 1.29 is 9.47 Å². The molecule has 1 saturated heterocycles. The Morgan fingerprint density at radius 3 is 3.00 bits per heavy atom. The van der Waals surface area contributed by atoms with E-state index in [1.54, 1.807) is 7.11 Å². The minimum atomic E-state index is 0.603. The summed E-state index contributed by atoms with van der Waals surface area (Å²) in [5.41, 5.74) is 1.19. The van der Waals surface area contributed by atoms with Gasteiger partial charge in [-0.15, -0.1) is 6.58 Å².